The lowest BCUT2D eigenvalue weighted by Gasteiger charge is -2.35. The minimum Gasteiger partial charge on any atom is -0.337 e. The molecule has 0 N–H and O–H groups in total. The van der Waals surface area contributed by atoms with Gasteiger partial charge in [-0.2, -0.15) is 0 Å². The van der Waals surface area contributed by atoms with Crippen LogP contribution in [0.2, 0.25) is 0 Å². The van der Waals surface area contributed by atoms with E-state index in [0.29, 0.717) is 17.5 Å². The molecule has 24 heavy (non-hydrogen) atoms. The Labute approximate surface area is 147 Å². The van der Waals surface area contributed by atoms with Crippen LogP contribution in [0.5, 0.6) is 0 Å². The van der Waals surface area contributed by atoms with Crippen molar-refractivity contribution in [2.24, 2.45) is 5.92 Å². The summed E-state index contributed by atoms with van der Waals surface area (Å²) in [6, 6.07) is 8.64. The summed E-state index contributed by atoms with van der Waals surface area (Å²) in [4.78, 5) is 24.4. The molecule has 0 radical (unpaired) electrons. The van der Waals surface area contributed by atoms with Crippen LogP contribution in [0.4, 0.5) is 0 Å². The monoisotopic (exact) mass is 341 g/mol. The van der Waals surface area contributed by atoms with Crippen LogP contribution in [0, 0.1) is 12.8 Å². The van der Waals surface area contributed by atoms with Gasteiger partial charge in [0, 0.05) is 54.4 Å². The fourth-order valence-electron chi connectivity index (χ4n) is 3.98. The van der Waals surface area contributed by atoms with E-state index in [4.69, 9.17) is 0 Å². The van der Waals surface area contributed by atoms with Gasteiger partial charge in [0.1, 0.15) is 0 Å². The van der Waals surface area contributed by atoms with Crippen molar-refractivity contribution in [1.29, 1.82) is 0 Å². The molecule has 0 spiro atoms. The number of nitrogens with zero attached hydrogens (tertiary/aromatic N) is 3. The Bertz CT molecular complexity index is 714. The molecule has 0 saturated carbocycles. The summed E-state index contributed by atoms with van der Waals surface area (Å²) >= 11 is 1.89. The van der Waals surface area contributed by atoms with Crippen molar-refractivity contribution in [3.63, 3.8) is 0 Å². The number of thiophene rings is 1. The van der Waals surface area contributed by atoms with E-state index in [-0.39, 0.29) is 5.91 Å². The van der Waals surface area contributed by atoms with Gasteiger partial charge in [-0.05, 0) is 49.9 Å². The Morgan fingerprint density at radius 3 is 2.92 bits per heavy atom. The Balaban J connectivity index is 1.49. The minimum atomic E-state index is 0.133. The highest BCUT2D eigenvalue weighted by Gasteiger charge is 2.36. The summed E-state index contributed by atoms with van der Waals surface area (Å²) in [5.74, 6) is 0.722. The molecule has 2 atom stereocenters. The molecule has 4 nitrogen and oxygen atoms in total. The van der Waals surface area contributed by atoms with E-state index in [1.54, 1.807) is 12.4 Å². The van der Waals surface area contributed by atoms with Crippen LogP contribution in [0.15, 0.2) is 36.7 Å². The smallest absolute Gasteiger partial charge is 0.255 e. The van der Waals surface area contributed by atoms with Crippen molar-refractivity contribution in [2.75, 3.05) is 19.6 Å². The van der Waals surface area contributed by atoms with Gasteiger partial charge in [-0.15, -0.1) is 11.3 Å². The summed E-state index contributed by atoms with van der Waals surface area (Å²) < 4.78 is 0. The van der Waals surface area contributed by atoms with Crippen molar-refractivity contribution in [3.8, 4) is 0 Å². The van der Waals surface area contributed by atoms with Crippen molar-refractivity contribution in [3.05, 3.63) is 52.0 Å². The fourth-order valence-corrected chi connectivity index (χ4v) is 4.90. The number of fused-ring (bicyclic) bond motifs is 4. The van der Waals surface area contributed by atoms with Crippen LogP contribution < -0.4 is 0 Å². The molecular formula is C19H23N3OS. The van der Waals surface area contributed by atoms with E-state index >= 15 is 0 Å². The molecule has 5 rings (SSSR count). The summed E-state index contributed by atoms with van der Waals surface area (Å²) in [5.41, 5.74) is 0.708. The molecule has 3 aliphatic rings. The van der Waals surface area contributed by atoms with Gasteiger partial charge in [0.2, 0.25) is 0 Å². The molecule has 2 aromatic rings. The van der Waals surface area contributed by atoms with Crippen LogP contribution in [-0.2, 0) is 6.54 Å². The second-order valence-corrected chi connectivity index (χ2v) is 8.36. The van der Waals surface area contributed by atoms with Crippen LogP contribution in [-0.4, -0.2) is 46.4 Å². The molecule has 0 aromatic carbocycles. The summed E-state index contributed by atoms with van der Waals surface area (Å²) in [6.45, 7) is 6.02. The molecule has 2 aromatic heterocycles. The van der Waals surface area contributed by atoms with Crippen LogP contribution in [0.25, 0.3) is 0 Å². The highest BCUT2D eigenvalue weighted by Crippen LogP contribution is 2.31. The quantitative estimate of drug-likeness (QED) is 0.860. The number of aromatic nitrogens is 1. The Morgan fingerprint density at radius 1 is 1.25 bits per heavy atom. The predicted octanol–water partition coefficient (Wildman–Crippen LogP) is 3.19. The van der Waals surface area contributed by atoms with Crippen molar-refractivity contribution in [1.82, 2.24) is 14.8 Å². The highest BCUT2D eigenvalue weighted by molar-refractivity contribution is 7.11. The Morgan fingerprint density at radius 2 is 2.17 bits per heavy atom. The number of amides is 1. The molecule has 3 fully saturated rings. The lowest BCUT2D eigenvalue weighted by molar-refractivity contribution is 0.0736. The topological polar surface area (TPSA) is 36.4 Å². The first-order chi connectivity index (χ1) is 11.7. The standard InChI is InChI=1S/C19H23N3OS/c1-14-4-7-18(24-14)13-21-10-15-5-6-17(21)12-22(11-15)19(23)16-3-2-8-20-9-16/h2-4,7-9,15,17H,5-6,10-13H2,1H3/t15-,17-/m1/s1. The minimum absolute atomic E-state index is 0.133. The second kappa shape index (κ2) is 6.65. The average Bonchev–Trinajstić information content (AvgIpc) is 2.82. The molecule has 5 heteroatoms. The summed E-state index contributed by atoms with van der Waals surface area (Å²) in [6.07, 6.45) is 5.84. The zero-order valence-electron chi connectivity index (χ0n) is 14.0. The third-order valence-electron chi connectivity index (χ3n) is 5.18. The SMILES string of the molecule is Cc1ccc(CN2C[C@H]3CC[C@@H]2CN(C(=O)c2cccnc2)C3)s1. The van der Waals surface area contributed by atoms with Crippen molar-refractivity contribution in [2.45, 2.75) is 32.4 Å². The van der Waals surface area contributed by atoms with Crippen LogP contribution in [0.1, 0.15) is 33.0 Å². The number of rotatable bonds is 3. The zero-order chi connectivity index (χ0) is 16.5. The van der Waals surface area contributed by atoms with E-state index in [1.807, 2.05) is 23.5 Å². The third-order valence-corrected chi connectivity index (χ3v) is 6.16. The number of piperidine rings is 1. The van der Waals surface area contributed by atoms with Gasteiger partial charge in [0.15, 0.2) is 0 Å². The van der Waals surface area contributed by atoms with E-state index < -0.39 is 0 Å². The molecule has 3 aliphatic heterocycles. The number of aryl methyl sites for hydroxylation is 1. The lowest BCUT2D eigenvalue weighted by atomic mass is 9.95. The number of hydrogen-bond donors (Lipinski definition) is 0. The maximum Gasteiger partial charge on any atom is 0.255 e. The zero-order valence-corrected chi connectivity index (χ0v) is 14.8. The molecule has 1 amide bonds. The number of pyridine rings is 1. The van der Waals surface area contributed by atoms with Gasteiger partial charge in [-0.1, -0.05) is 0 Å². The summed E-state index contributed by atoms with van der Waals surface area (Å²) in [5, 5.41) is 0. The van der Waals surface area contributed by atoms with Gasteiger partial charge in [-0.3, -0.25) is 14.7 Å². The van der Waals surface area contributed by atoms with E-state index in [9.17, 15) is 4.79 Å². The lowest BCUT2D eigenvalue weighted by Crippen LogP contribution is -2.43. The molecule has 0 unspecified atom stereocenters. The van der Waals surface area contributed by atoms with Gasteiger partial charge in [0.05, 0.1) is 5.56 Å². The molecule has 5 heterocycles. The van der Waals surface area contributed by atoms with E-state index in [0.717, 1.165) is 26.2 Å². The van der Waals surface area contributed by atoms with E-state index in [2.05, 4.69) is 33.8 Å². The van der Waals surface area contributed by atoms with Crippen LogP contribution >= 0.6 is 11.3 Å². The summed E-state index contributed by atoms with van der Waals surface area (Å²) in [7, 11) is 0. The van der Waals surface area contributed by atoms with Crippen molar-refractivity contribution >= 4 is 17.2 Å². The second-order valence-electron chi connectivity index (χ2n) is 6.99. The Kier molecular flexibility index (Phi) is 4.37. The molecule has 126 valence electrons. The van der Waals surface area contributed by atoms with Crippen LogP contribution in [0.3, 0.4) is 0 Å². The van der Waals surface area contributed by atoms with Crippen molar-refractivity contribution < 1.29 is 4.79 Å². The largest absolute Gasteiger partial charge is 0.337 e. The average molecular weight is 341 g/mol. The molecule has 0 aliphatic carbocycles. The number of carbonyl (C=O) groups excluding carboxylic acids is 1. The van der Waals surface area contributed by atoms with Gasteiger partial charge >= 0.3 is 0 Å². The first-order valence-corrected chi connectivity index (χ1v) is 9.49. The number of carbonyl (C=O) groups is 1. The van der Waals surface area contributed by atoms with E-state index in [1.165, 1.54) is 22.6 Å². The predicted molar refractivity (Wildman–Crippen MR) is 96.1 cm³/mol. The van der Waals surface area contributed by atoms with Gasteiger partial charge in [0.25, 0.3) is 5.91 Å². The molecule has 3 saturated heterocycles. The normalized spacial score (nSPS) is 24.1. The first-order valence-electron chi connectivity index (χ1n) is 8.67. The maximum absolute atomic E-state index is 12.8. The highest BCUT2D eigenvalue weighted by atomic mass is 32.1. The van der Waals surface area contributed by atoms with Gasteiger partial charge < -0.3 is 4.90 Å². The number of hydrogen-bond acceptors (Lipinski definition) is 4. The fraction of sp³-hybridized carbons (Fsp3) is 0.474. The third kappa shape index (κ3) is 3.23. The molecule has 2 bridgehead atoms. The maximum atomic E-state index is 12.8. The molecular weight excluding hydrogens is 318 g/mol. The van der Waals surface area contributed by atoms with Gasteiger partial charge in [-0.25, -0.2) is 0 Å². The first kappa shape index (κ1) is 15.8. The Hall–Kier alpha value is -1.72.